The molecule has 5 rings (SSSR count). The van der Waals surface area contributed by atoms with Crippen molar-refractivity contribution >= 4 is 17.5 Å². The molecule has 1 saturated carbocycles. The van der Waals surface area contributed by atoms with Crippen LogP contribution in [0.4, 0.5) is 0 Å². The lowest BCUT2D eigenvalue weighted by Gasteiger charge is -2.52. The number of rotatable bonds is 4. The zero-order chi connectivity index (χ0) is 21.4. The first kappa shape index (κ1) is 19.7. The van der Waals surface area contributed by atoms with E-state index in [4.69, 9.17) is 0 Å². The summed E-state index contributed by atoms with van der Waals surface area (Å²) in [5.41, 5.74) is 3.90. The van der Waals surface area contributed by atoms with Gasteiger partial charge in [0.1, 0.15) is 6.33 Å². The van der Waals surface area contributed by atoms with Crippen molar-refractivity contribution in [2.75, 3.05) is 13.1 Å². The van der Waals surface area contributed by atoms with Gasteiger partial charge < -0.3 is 10.2 Å². The standard InChI is InChI=1S/C24H27N5O2/c1-17-2-4-18(5-3-17)12-22(30)28-10-8-24(9-11-28)13-20(14-24)26-23(31)19-6-7-21-27-25-16-29(21)15-19/h2-7,15-16,20H,8-14H2,1H3,(H,26,31). The van der Waals surface area contributed by atoms with Gasteiger partial charge in [-0.15, -0.1) is 10.2 Å². The molecule has 1 N–H and O–H groups in total. The van der Waals surface area contributed by atoms with E-state index >= 15 is 0 Å². The zero-order valence-corrected chi connectivity index (χ0v) is 17.8. The molecule has 2 aliphatic rings. The Morgan fingerprint density at radius 1 is 1.10 bits per heavy atom. The molecule has 0 atom stereocenters. The van der Waals surface area contributed by atoms with Gasteiger partial charge in [-0.05, 0) is 55.7 Å². The molecule has 31 heavy (non-hydrogen) atoms. The van der Waals surface area contributed by atoms with Gasteiger partial charge in [0.25, 0.3) is 5.91 Å². The summed E-state index contributed by atoms with van der Waals surface area (Å²) >= 11 is 0. The van der Waals surface area contributed by atoms with Gasteiger partial charge in [-0.2, -0.15) is 0 Å². The Balaban J connectivity index is 1.10. The highest BCUT2D eigenvalue weighted by atomic mass is 16.2. The van der Waals surface area contributed by atoms with Crippen LogP contribution in [0.1, 0.15) is 47.2 Å². The maximum atomic E-state index is 12.7. The van der Waals surface area contributed by atoms with E-state index in [2.05, 4.69) is 34.6 Å². The quantitative estimate of drug-likeness (QED) is 0.708. The molecule has 2 fully saturated rings. The number of carbonyl (C=O) groups excluding carboxylic acids is 2. The van der Waals surface area contributed by atoms with Crippen LogP contribution in [0.3, 0.4) is 0 Å². The van der Waals surface area contributed by atoms with E-state index in [9.17, 15) is 9.59 Å². The molecule has 3 heterocycles. The Morgan fingerprint density at radius 2 is 1.84 bits per heavy atom. The van der Waals surface area contributed by atoms with Crippen LogP contribution in [-0.4, -0.2) is 50.4 Å². The van der Waals surface area contributed by atoms with Crippen molar-refractivity contribution < 1.29 is 9.59 Å². The van der Waals surface area contributed by atoms with Crippen molar-refractivity contribution in [3.8, 4) is 0 Å². The molecule has 1 aliphatic heterocycles. The predicted molar refractivity (Wildman–Crippen MR) is 117 cm³/mol. The largest absolute Gasteiger partial charge is 0.349 e. The zero-order valence-electron chi connectivity index (χ0n) is 17.8. The highest BCUT2D eigenvalue weighted by Gasteiger charge is 2.46. The molecular formula is C24H27N5O2. The van der Waals surface area contributed by atoms with Crippen molar-refractivity contribution in [3.05, 3.63) is 65.6 Å². The van der Waals surface area contributed by atoms with Gasteiger partial charge in [-0.25, -0.2) is 0 Å². The van der Waals surface area contributed by atoms with E-state index in [0.29, 0.717) is 12.0 Å². The number of amides is 2. The first-order valence-corrected chi connectivity index (χ1v) is 10.9. The Morgan fingerprint density at radius 3 is 2.58 bits per heavy atom. The molecule has 2 amide bonds. The molecule has 1 saturated heterocycles. The van der Waals surface area contributed by atoms with Crippen LogP contribution in [0.2, 0.25) is 0 Å². The van der Waals surface area contributed by atoms with Crippen LogP contribution in [0.5, 0.6) is 0 Å². The number of likely N-dealkylation sites (tertiary alicyclic amines) is 1. The number of fused-ring (bicyclic) bond motifs is 1. The molecule has 7 heteroatoms. The SMILES string of the molecule is Cc1ccc(CC(=O)N2CCC3(CC2)CC(NC(=O)c2ccc4nncn4c2)C3)cc1. The van der Waals surface area contributed by atoms with Gasteiger partial charge in [0.15, 0.2) is 5.65 Å². The highest BCUT2D eigenvalue weighted by Crippen LogP contribution is 2.49. The minimum Gasteiger partial charge on any atom is -0.349 e. The van der Waals surface area contributed by atoms with Crippen molar-refractivity contribution in [2.24, 2.45) is 5.41 Å². The second-order valence-electron chi connectivity index (χ2n) is 9.14. The van der Waals surface area contributed by atoms with Gasteiger partial charge in [-0.3, -0.25) is 14.0 Å². The minimum atomic E-state index is -0.0545. The smallest absolute Gasteiger partial charge is 0.252 e. The van der Waals surface area contributed by atoms with Gasteiger partial charge in [0, 0.05) is 25.3 Å². The number of benzene rings is 1. The van der Waals surface area contributed by atoms with Gasteiger partial charge in [0.2, 0.25) is 5.91 Å². The average molecular weight is 418 g/mol. The third kappa shape index (κ3) is 4.04. The lowest BCUT2D eigenvalue weighted by atomic mass is 9.60. The third-order valence-corrected chi connectivity index (χ3v) is 6.90. The number of pyridine rings is 1. The second-order valence-corrected chi connectivity index (χ2v) is 9.14. The van der Waals surface area contributed by atoms with Crippen LogP contribution in [-0.2, 0) is 11.2 Å². The number of aromatic nitrogens is 3. The van der Waals surface area contributed by atoms with Crippen LogP contribution in [0.15, 0.2) is 48.9 Å². The number of hydrogen-bond donors (Lipinski definition) is 1. The summed E-state index contributed by atoms with van der Waals surface area (Å²) in [7, 11) is 0. The van der Waals surface area contributed by atoms with E-state index in [1.165, 1.54) is 5.56 Å². The summed E-state index contributed by atoms with van der Waals surface area (Å²) in [6.45, 7) is 3.69. The number of piperidine rings is 1. The number of nitrogens with one attached hydrogen (secondary N) is 1. The van der Waals surface area contributed by atoms with Gasteiger partial charge in [0.05, 0.1) is 12.0 Å². The van der Waals surface area contributed by atoms with Crippen molar-refractivity contribution in [3.63, 3.8) is 0 Å². The summed E-state index contributed by atoms with van der Waals surface area (Å²) in [4.78, 5) is 27.3. The van der Waals surface area contributed by atoms with Crippen LogP contribution >= 0.6 is 0 Å². The van der Waals surface area contributed by atoms with Gasteiger partial charge >= 0.3 is 0 Å². The molecule has 1 aliphatic carbocycles. The van der Waals surface area contributed by atoms with Crippen molar-refractivity contribution in [1.29, 1.82) is 0 Å². The van der Waals surface area contributed by atoms with E-state index in [1.54, 1.807) is 29.1 Å². The molecule has 7 nitrogen and oxygen atoms in total. The summed E-state index contributed by atoms with van der Waals surface area (Å²) in [6.07, 6.45) is 7.86. The first-order valence-electron chi connectivity index (χ1n) is 10.9. The Bertz CT molecular complexity index is 1100. The summed E-state index contributed by atoms with van der Waals surface area (Å²) < 4.78 is 1.75. The minimum absolute atomic E-state index is 0.0545. The van der Waals surface area contributed by atoms with Crippen LogP contribution in [0, 0.1) is 12.3 Å². The molecule has 0 radical (unpaired) electrons. The Hall–Kier alpha value is -3.22. The number of aryl methyl sites for hydroxylation is 1. The third-order valence-electron chi connectivity index (χ3n) is 6.90. The summed E-state index contributed by atoms with van der Waals surface area (Å²) in [5.74, 6) is 0.161. The topological polar surface area (TPSA) is 79.6 Å². The monoisotopic (exact) mass is 417 g/mol. The summed E-state index contributed by atoms with van der Waals surface area (Å²) in [5, 5.41) is 11.0. The molecular weight excluding hydrogens is 390 g/mol. The number of nitrogens with zero attached hydrogens (tertiary/aromatic N) is 4. The maximum Gasteiger partial charge on any atom is 0.252 e. The fourth-order valence-electron chi connectivity index (χ4n) is 4.95. The Kier molecular flexibility index (Phi) is 4.96. The van der Waals surface area contributed by atoms with E-state index < -0.39 is 0 Å². The molecule has 0 bridgehead atoms. The second kappa shape index (κ2) is 7.80. The number of carbonyl (C=O) groups is 2. The molecule has 0 unspecified atom stereocenters. The predicted octanol–water partition coefficient (Wildman–Crippen LogP) is 2.78. The van der Waals surface area contributed by atoms with Crippen LogP contribution in [0.25, 0.3) is 5.65 Å². The van der Waals surface area contributed by atoms with E-state index in [0.717, 1.165) is 50.0 Å². The molecule has 2 aromatic heterocycles. The molecule has 1 spiro atoms. The summed E-state index contributed by atoms with van der Waals surface area (Å²) in [6, 6.07) is 12.0. The average Bonchev–Trinajstić information content (AvgIpc) is 3.22. The lowest BCUT2D eigenvalue weighted by molar-refractivity contribution is -0.134. The fraction of sp³-hybridized carbons (Fsp3) is 0.417. The van der Waals surface area contributed by atoms with E-state index in [1.807, 2.05) is 17.0 Å². The Labute approximate surface area is 181 Å². The molecule has 1 aromatic carbocycles. The first-order chi connectivity index (χ1) is 15.0. The molecule has 160 valence electrons. The van der Waals surface area contributed by atoms with Crippen molar-refractivity contribution in [1.82, 2.24) is 24.8 Å². The fourth-order valence-corrected chi connectivity index (χ4v) is 4.95. The normalized spacial score (nSPS) is 18.2. The molecule has 3 aromatic rings. The van der Waals surface area contributed by atoms with Crippen molar-refractivity contribution in [2.45, 2.75) is 45.1 Å². The lowest BCUT2D eigenvalue weighted by Crippen LogP contribution is -2.55. The van der Waals surface area contributed by atoms with E-state index in [-0.39, 0.29) is 23.3 Å². The van der Waals surface area contributed by atoms with Crippen LogP contribution < -0.4 is 5.32 Å². The highest BCUT2D eigenvalue weighted by molar-refractivity contribution is 5.94. The maximum absolute atomic E-state index is 12.7. The van der Waals surface area contributed by atoms with Gasteiger partial charge in [-0.1, -0.05) is 29.8 Å². The number of hydrogen-bond acceptors (Lipinski definition) is 4.